The van der Waals surface area contributed by atoms with E-state index < -0.39 is 17.7 Å². The number of hydrogen-bond donors (Lipinski definition) is 3. The highest BCUT2D eigenvalue weighted by Gasteiger charge is 2.26. The number of amides is 3. The average Bonchev–Trinajstić information content (AvgIpc) is 2.41. The zero-order valence-electron chi connectivity index (χ0n) is 11.0. The Balaban J connectivity index is 2.38. The third kappa shape index (κ3) is 3.89. The fraction of sp³-hybridized carbons (Fsp3) is 0.0769. The molecule has 1 heterocycles. The van der Waals surface area contributed by atoms with Gasteiger partial charge in [0.05, 0.1) is 0 Å². The SMILES string of the molecule is NC(=O)COc1ccc(Br)cc1C=C1C(=O)NC(=S)NC1=O. The molecular weight excluding hydrogens is 374 g/mol. The van der Waals surface area contributed by atoms with E-state index in [1.165, 1.54) is 6.08 Å². The molecule has 7 nitrogen and oxygen atoms in total. The van der Waals surface area contributed by atoms with Crippen LogP contribution in [0.5, 0.6) is 5.75 Å². The molecule has 114 valence electrons. The van der Waals surface area contributed by atoms with Gasteiger partial charge in [-0.2, -0.15) is 0 Å². The Hall–Kier alpha value is -2.26. The van der Waals surface area contributed by atoms with Crippen molar-refractivity contribution in [3.63, 3.8) is 0 Å². The van der Waals surface area contributed by atoms with Gasteiger partial charge in [-0.25, -0.2) is 0 Å². The van der Waals surface area contributed by atoms with Gasteiger partial charge in [0.1, 0.15) is 11.3 Å². The van der Waals surface area contributed by atoms with Gasteiger partial charge >= 0.3 is 0 Å². The molecule has 1 aromatic carbocycles. The van der Waals surface area contributed by atoms with Gasteiger partial charge in [0, 0.05) is 10.0 Å². The number of ether oxygens (including phenoxy) is 1. The first-order valence-corrected chi connectivity index (χ1v) is 7.16. The number of carbonyl (C=O) groups excluding carboxylic acids is 3. The van der Waals surface area contributed by atoms with Gasteiger partial charge in [-0.3, -0.25) is 25.0 Å². The van der Waals surface area contributed by atoms with E-state index in [0.717, 1.165) is 0 Å². The van der Waals surface area contributed by atoms with E-state index in [1.54, 1.807) is 18.2 Å². The molecule has 0 aliphatic carbocycles. The largest absolute Gasteiger partial charge is 0.483 e. The Kier molecular flexibility index (Phi) is 4.88. The fourth-order valence-electron chi connectivity index (χ4n) is 1.67. The predicted octanol–water partition coefficient (Wildman–Crippen LogP) is 0.227. The highest BCUT2D eigenvalue weighted by atomic mass is 79.9. The van der Waals surface area contributed by atoms with E-state index in [4.69, 9.17) is 22.7 Å². The number of primary amides is 1. The minimum absolute atomic E-state index is 0.0494. The second kappa shape index (κ2) is 6.67. The average molecular weight is 384 g/mol. The lowest BCUT2D eigenvalue weighted by Crippen LogP contribution is -2.51. The molecule has 0 aromatic heterocycles. The molecule has 1 saturated heterocycles. The molecule has 0 saturated carbocycles. The zero-order valence-corrected chi connectivity index (χ0v) is 13.4. The topological polar surface area (TPSA) is 111 Å². The van der Waals surface area contributed by atoms with Crippen LogP contribution in [0.15, 0.2) is 28.2 Å². The van der Waals surface area contributed by atoms with Crippen molar-refractivity contribution >= 4 is 57.1 Å². The maximum absolute atomic E-state index is 11.8. The minimum Gasteiger partial charge on any atom is -0.483 e. The smallest absolute Gasteiger partial charge is 0.263 e. The standard InChI is InChI=1S/C13H10BrN3O4S/c14-7-1-2-9(21-5-10(15)18)6(3-7)4-8-11(19)16-13(22)17-12(8)20/h1-4H,5H2,(H2,15,18)(H2,16,17,19,20,22). The van der Waals surface area contributed by atoms with Crippen molar-refractivity contribution in [3.05, 3.63) is 33.8 Å². The summed E-state index contributed by atoms with van der Waals surface area (Å²) in [6.07, 6.45) is 1.34. The minimum atomic E-state index is -0.639. The summed E-state index contributed by atoms with van der Waals surface area (Å²) in [7, 11) is 0. The third-order valence-electron chi connectivity index (χ3n) is 2.58. The van der Waals surface area contributed by atoms with Crippen LogP contribution in [0.25, 0.3) is 6.08 Å². The molecule has 1 aromatic rings. The van der Waals surface area contributed by atoms with Crippen LogP contribution in [0, 0.1) is 0 Å². The number of carbonyl (C=O) groups is 3. The predicted molar refractivity (Wildman–Crippen MR) is 85.7 cm³/mol. The highest BCUT2D eigenvalue weighted by Crippen LogP contribution is 2.26. The van der Waals surface area contributed by atoms with E-state index in [2.05, 4.69) is 26.6 Å². The van der Waals surface area contributed by atoms with Crippen LogP contribution in [0.3, 0.4) is 0 Å². The van der Waals surface area contributed by atoms with Crippen LogP contribution in [-0.2, 0) is 14.4 Å². The van der Waals surface area contributed by atoms with Gasteiger partial charge in [0.25, 0.3) is 17.7 Å². The summed E-state index contributed by atoms with van der Waals surface area (Å²) < 4.78 is 5.96. The number of benzene rings is 1. The molecule has 3 amide bonds. The van der Waals surface area contributed by atoms with Crippen LogP contribution in [-0.4, -0.2) is 29.4 Å². The Bertz CT molecular complexity index is 695. The summed E-state index contributed by atoms with van der Waals surface area (Å²) in [5.74, 6) is -1.56. The summed E-state index contributed by atoms with van der Waals surface area (Å²) >= 11 is 8.00. The molecule has 22 heavy (non-hydrogen) atoms. The quantitative estimate of drug-likeness (QED) is 0.391. The maximum atomic E-state index is 11.8. The zero-order chi connectivity index (χ0) is 16.3. The van der Waals surface area contributed by atoms with Crippen molar-refractivity contribution in [1.29, 1.82) is 0 Å². The number of rotatable bonds is 4. The second-order valence-corrected chi connectivity index (χ2v) is 5.56. The summed E-state index contributed by atoms with van der Waals surface area (Å²) in [4.78, 5) is 34.5. The van der Waals surface area contributed by atoms with Gasteiger partial charge in [-0.05, 0) is 36.5 Å². The molecule has 2 rings (SSSR count). The fourth-order valence-corrected chi connectivity index (χ4v) is 2.24. The van der Waals surface area contributed by atoms with Crippen LogP contribution >= 0.6 is 28.1 Å². The van der Waals surface area contributed by atoms with Crippen LogP contribution < -0.4 is 21.1 Å². The van der Waals surface area contributed by atoms with E-state index in [0.29, 0.717) is 15.8 Å². The number of nitrogens with one attached hydrogen (secondary N) is 2. The Morgan fingerprint density at radius 3 is 2.55 bits per heavy atom. The summed E-state index contributed by atoms with van der Waals surface area (Å²) in [6.45, 7) is -0.319. The van der Waals surface area contributed by atoms with Crippen LogP contribution in [0.2, 0.25) is 0 Å². The highest BCUT2D eigenvalue weighted by molar-refractivity contribution is 9.10. The molecule has 0 spiro atoms. The van der Waals surface area contributed by atoms with E-state index in [-0.39, 0.29) is 17.3 Å². The Morgan fingerprint density at radius 1 is 1.32 bits per heavy atom. The van der Waals surface area contributed by atoms with E-state index >= 15 is 0 Å². The Morgan fingerprint density at radius 2 is 1.95 bits per heavy atom. The lowest BCUT2D eigenvalue weighted by atomic mass is 10.1. The monoisotopic (exact) mass is 383 g/mol. The lowest BCUT2D eigenvalue weighted by Gasteiger charge is -2.17. The molecule has 9 heteroatoms. The molecule has 1 aliphatic rings. The molecule has 0 atom stereocenters. The lowest BCUT2D eigenvalue weighted by molar-refractivity contribution is -0.123. The molecule has 4 N–H and O–H groups in total. The summed E-state index contributed by atoms with van der Waals surface area (Å²) in [5.41, 5.74) is 5.34. The second-order valence-electron chi connectivity index (χ2n) is 4.23. The van der Waals surface area contributed by atoms with Crippen molar-refractivity contribution in [2.75, 3.05) is 6.61 Å². The van der Waals surface area contributed by atoms with Crippen molar-refractivity contribution in [1.82, 2.24) is 10.6 Å². The van der Waals surface area contributed by atoms with Crippen molar-refractivity contribution < 1.29 is 19.1 Å². The molecular formula is C13H10BrN3O4S. The van der Waals surface area contributed by atoms with Crippen molar-refractivity contribution in [2.24, 2.45) is 5.73 Å². The van der Waals surface area contributed by atoms with E-state index in [1.807, 2.05) is 0 Å². The normalized spacial score (nSPS) is 14.2. The van der Waals surface area contributed by atoms with Crippen molar-refractivity contribution in [3.8, 4) is 5.75 Å². The van der Waals surface area contributed by atoms with Crippen molar-refractivity contribution in [2.45, 2.75) is 0 Å². The van der Waals surface area contributed by atoms with Gasteiger partial charge in [-0.1, -0.05) is 15.9 Å². The molecule has 0 bridgehead atoms. The molecule has 1 aliphatic heterocycles. The first-order chi connectivity index (χ1) is 10.4. The maximum Gasteiger partial charge on any atom is 0.263 e. The number of nitrogens with two attached hydrogens (primary N) is 1. The first-order valence-electron chi connectivity index (χ1n) is 5.96. The van der Waals surface area contributed by atoms with Gasteiger partial charge in [-0.15, -0.1) is 0 Å². The van der Waals surface area contributed by atoms with E-state index in [9.17, 15) is 14.4 Å². The Labute approximate surface area is 139 Å². The van der Waals surface area contributed by atoms with Gasteiger partial charge in [0.2, 0.25) is 0 Å². The van der Waals surface area contributed by atoms with Gasteiger partial charge < -0.3 is 10.5 Å². The van der Waals surface area contributed by atoms with Crippen LogP contribution in [0.1, 0.15) is 5.56 Å². The molecule has 0 radical (unpaired) electrons. The first kappa shape index (κ1) is 16.1. The third-order valence-corrected chi connectivity index (χ3v) is 3.28. The van der Waals surface area contributed by atoms with Gasteiger partial charge in [0.15, 0.2) is 11.7 Å². The number of hydrogen-bond acceptors (Lipinski definition) is 5. The summed E-state index contributed by atoms with van der Waals surface area (Å²) in [6, 6.07) is 4.91. The number of halogens is 1. The summed E-state index contributed by atoms with van der Waals surface area (Å²) in [5, 5.41) is 4.61. The molecule has 0 unspecified atom stereocenters. The number of thiocarbonyl (C=S) groups is 1. The van der Waals surface area contributed by atoms with Crippen LogP contribution in [0.4, 0.5) is 0 Å². The molecule has 1 fully saturated rings.